The van der Waals surface area contributed by atoms with Gasteiger partial charge in [-0.25, -0.2) is 9.18 Å². The van der Waals surface area contributed by atoms with E-state index in [1.807, 2.05) is 23.0 Å². The normalized spacial score (nSPS) is 41.5. The van der Waals surface area contributed by atoms with E-state index >= 15 is 4.39 Å². The average Bonchev–Trinajstić information content (AvgIpc) is 3.40. The molecule has 6 aliphatic rings. The first-order valence-corrected chi connectivity index (χ1v) is 15.6. The van der Waals surface area contributed by atoms with E-state index in [0.717, 1.165) is 37.9 Å². The van der Waals surface area contributed by atoms with Crippen LogP contribution in [0.25, 0.3) is 0 Å². The molecule has 6 rings (SSSR count). The van der Waals surface area contributed by atoms with Gasteiger partial charge in [0, 0.05) is 43.3 Å². The van der Waals surface area contributed by atoms with Crippen molar-refractivity contribution in [2.24, 2.45) is 17.8 Å². The molecule has 11 nitrogen and oxygen atoms in total. The Morgan fingerprint density at radius 3 is 2.71 bits per heavy atom. The summed E-state index contributed by atoms with van der Waals surface area (Å²) in [6, 6.07) is 0.0301. The molecule has 228 valence electrons. The van der Waals surface area contributed by atoms with Gasteiger partial charge in [-0.05, 0) is 70.4 Å². The predicted molar refractivity (Wildman–Crippen MR) is 154 cm³/mol. The van der Waals surface area contributed by atoms with Gasteiger partial charge in [0.2, 0.25) is 5.91 Å². The Balaban J connectivity index is 1.37. The smallest absolute Gasteiger partial charge is 0.320 e. The molecule has 41 heavy (non-hydrogen) atoms. The minimum atomic E-state index is -1.15. The molecule has 6 aliphatic heterocycles. The summed E-state index contributed by atoms with van der Waals surface area (Å²) in [5.74, 6) is 0.452. The van der Waals surface area contributed by atoms with E-state index in [1.54, 1.807) is 0 Å². The number of halogens is 1. The summed E-state index contributed by atoms with van der Waals surface area (Å²) in [6.45, 7) is 14.3. The third-order valence-corrected chi connectivity index (χ3v) is 10.5. The lowest BCUT2D eigenvalue weighted by Crippen LogP contribution is -2.80. The Kier molecular flexibility index (Phi) is 7.94. The number of carbonyl (C=O) groups is 2. The van der Waals surface area contributed by atoms with Crippen LogP contribution in [-0.2, 0) is 4.79 Å². The Morgan fingerprint density at radius 2 is 1.95 bits per heavy atom. The fourth-order valence-electron chi connectivity index (χ4n) is 8.47. The minimum absolute atomic E-state index is 0.00281. The molecule has 5 saturated heterocycles. The van der Waals surface area contributed by atoms with Crippen LogP contribution in [0.2, 0.25) is 0 Å². The van der Waals surface area contributed by atoms with Crippen LogP contribution < -0.4 is 26.9 Å². The summed E-state index contributed by atoms with van der Waals surface area (Å²) in [6.07, 6.45) is 5.06. The van der Waals surface area contributed by atoms with E-state index in [1.165, 1.54) is 6.08 Å². The first-order valence-electron chi connectivity index (χ1n) is 15.6. The number of piperidine rings is 2. The highest BCUT2D eigenvalue weighted by atomic mass is 19.1. The molecule has 5 fully saturated rings. The van der Waals surface area contributed by atoms with Gasteiger partial charge >= 0.3 is 6.03 Å². The maximum absolute atomic E-state index is 16.3. The number of fused-ring (bicyclic) bond motifs is 5. The van der Waals surface area contributed by atoms with E-state index in [2.05, 4.69) is 64.1 Å². The van der Waals surface area contributed by atoms with Crippen LogP contribution in [-0.4, -0.2) is 100 Å². The monoisotopic (exact) mass is 573 g/mol. The second-order valence-corrected chi connectivity index (χ2v) is 13.3. The molecule has 2 bridgehead atoms. The number of amides is 3. The molecule has 0 radical (unpaired) electrons. The lowest BCUT2D eigenvalue weighted by molar-refractivity contribution is -0.137. The maximum atomic E-state index is 16.3. The summed E-state index contributed by atoms with van der Waals surface area (Å²) < 4.78 is 16.3. The Hall–Kier alpha value is -2.41. The number of urea groups is 1. The molecule has 0 spiro atoms. The molecule has 0 aliphatic carbocycles. The second-order valence-electron chi connectivity index (χ2n) is 13.3. The number of nitrogens with zero attached hydrogens (tertiary/aromatic N) is 4. The number of rotatable bonds is 3. The molecule has 12 heteroatoms. The van der Waals surface area contributed by atoms with Crippen molar-refractivity contribution in [3.05, 3.63) is 24.6 Å². The quantitative estimate of drug-likeness (QED) is 0.323. The number of hydrogen-bond donors (Lipinski definition) is 5. The van der Waals surface area contributed by atoms with Gasteiger partial charge in [-0.15, -0.1) is 5.53 Å². The molecule has 5 N–H and O–H groups in total. The van der Waals surface area contributed by atoms with Crippen molar-refractivity contribution in [1.82, 2.24) is 46.6 Å². The topological polar surface area (TPSA) is 107 Å². The van der Waals surface area contributed by atoms with Crippen LogP contribution in [0.15, 0.2) is 24.6 Å². The van der Waals surface area contributed by atoms with E-state index in [0.29, 0.717) is 31.3 Å². The standard InChI is InChI=1S/C29H48FN9O2/c1-6-23(40)36-14-18(5)37(15-17(36)4)26-21-12-22(30)28-33-27(21)38(29(41)34-26)25-19(10-11-31-24(25)16(2)3)8-7-9-20-13-32-35-39(20)28/h6,13,16-19,21-22,24-28,31-33,35H,1,7-12,14-15H2,2-5H3,(H,34,41)/t17-,18+,19?,21?,22?,24?,25?,26?,27?,28?/m1/s1. The molecular weight excluding hydrogens is 525 g/mol. The SMILES string of the molecule is C=CC(=O)N1C[C@H](C)N(C2NC(=O)N3C4NC(C(F)CC42)N2NNC=C2CCCC2CCNC(C(C)C)C23)C[C@H]1C. The van der Waals surface area contributed by atoms with E-state index in [-0.39, 0.29) is 54.4 Å². The van der Waals surface area contributed by atoms with Crippen molar-refractivity contribution in [3.63, 3.8) is 0 Å². The molecular formula is C29H48FN9O2. The number of alkyl halides is 1. The van der Waals surface area contributed by atoms with Gasteiger partial charge in [-0.3, -0.25) is 20.0 Å². The highest BCUT2D eigenvalue weighted by Gasteiger charge is 2.56. The van der Waals surface area contributed by atoms with Crippen LogP contribution in [0.5, 0.6) is 0 Å². The zero-order valence-electron chi connectivity index (χ0n) is 24.9. The summed E-state index contributed by atoms with van der Waals surface area (Å²) in [5.41, 5.74) is 7.29. The first-order chi connectivity index (χ1) is 19.7. The third-order valence-electron chi connectivity index (χ3n) is 10.5. The number of hydrazine groups is 2. The van der Waals surface area contributed by atoms with Crippen LogP contribution >= 0.6 is 0 Å². The Bertz CT molecular complexity index is 1060. The Morgan fingerprint density at radius 1 is 1.15 bits per heavy atom. The fourth-order valence-corrected chi connectivity index (χ4v) is 8.47. The van der Waals surface area contributed by atoms with Gasteiger partial charge in [-0.1, -0.05) is 20.4 Å². The van der Waals surface area contributed by atoms with Gasteiger partial charge in [0.25, 0.3) is 0 Å². The number of allylic oxidation sites excluding steroid dienone is 1. The van der Waals surface area contributed by atoms with Gasteiger partial charge in [0.1, 0.15) is 12.3 Å². The molecule has 0 aromatic heterocycles. The summed E-state index contributed by atoms with van der Waals surface area (Å²) in [7, 11) is 0. The summed E-state index contributed by atoms with van der Waals surface area (Å²) in [5, 5.41) is 12.7. The average molecular weight is 574 g/mol. The molecule has 8 unspecified atom stereocenters. The van der Waals surface area contributed by atoms with Gasteiger partial charge in [-0.2, -0.15) is 0 Å². The van der Waals surface area contributed by atoms with E-state index in [9.17, 15) is 9.59 Å². The number of piperazine rings is 1. The molecule has 0 saturated carbocycles. The molecule has 0 aromatic carbocycles. The lowest BCUT2D eigenvalue weighted by atomic mass is 9.76. The van der Waals surface area contributed by atoms with Gasteiger partial charge < -0.3 is 25.9 Å². The lowest BCUT2D eigenvalue weighted by Gasteiger charge is -2.60. The van der Waals surface area contributed by atoms with E-state index in [4.69, 9.17) is 0 Å². The van der Waals surface area contributed by atoms with Crippen LogP contribution in [0.1, 0.15) is 59.8 Å². The van der Waals surface area contributed by atoms with Gasteiger partial charge in [0.15, 0.2) is 0 Å². The molecule has 6 heterocycles. The van der Waals surface area contributed by atoms with Crippen molar-refractivity contribution >= 4 is 11.9 Å². The third kappa shape index (κ3) is 5.00. The molecule has 3 amide bonds. The Labute approximate surface area is 243 Å². The second kappa shape index (κ2) is 11.3. The number of nitrogens with one attached hydrogen (secondary N) is 5. The predicted octanol–water partition coefficient (Wildman–Crippen LogP) is 1.40. The molecule has 0 aromatic rings. The van der Waals surface area contributed by atoms with Crippen LogP contribution in [0.4, 0.5) is 9.18 Å². The van der Waals surface area contributed by atoms with Crippen LogP contribution in [0, 0.1) is 17.8 Å². The van der Waals surface area contributed by atoms with Crippen molar-refractivity contribution in [2.45, 2.75) is 109 Å². The van der Waals surface area contributed by atoms with Crippen molar-refractivity contribution < 1.29 is 14.0 Å². The van der Waals surface area contributed by atoms with Gasteiger partial charge in [0.05, 0.1) is 24.1 Å². The number of carbonyl (C=O) groups excluding carboxylic acids is 2. The minimum Gasteiger partial charge on any atom is -0.334 e. The molecule has 10 atom stereocenters. The van der Waals surface area contributed by atoms with Crippen molar-refractivity contribution in [2.75, 3.05) is 19.6 Å². The van der Waals surface area contributed by atoms with E-state index < -0.39 is 12.3 Å². The van der Waals surface area contributed by atoms with Crippen LogP contribution in [0.3, 0.4) is 0 Å². The number of hydrogen-bond acceptors (Lipinski definition) is 8. The highest BCUT2D eigenvalue weighted by Crippen LogP contribution is 2.41. The summed E-state index contributed by atoms with van der Waals surface area (Å²) in [4.78, 5) is 33.0. The maximum Gasteiger partial charge on any atom is 0.320 e. The largest absolute Gasteiger partial charge is 0.334 e. The zero-order chi connectivity index (χ0) is 29.0. The highest BCUT2D eigenvalue weighted by molar-refractivity contribution is 5.87. The first kappa shape index (κ1) is 28.7. The van der Waals surface area contributed by atoms with Crippen molar-refractivity contribution in [1.29, 1.82) is 0 Å². The summed E-state index contributed by atoms with van der Waals surface area (Å²) >= 11 is 0. The zero-order valence-corrected chi connectivity index (χ0v) is 24.9. The fraction of sp³-hybridized carbons (Fsp3) is 0.793. The van der Waals surface area contributed by atoms with Crippen molar-refractivity contribution in [3.8, 4) is 0 Å².